The molecule has 2 aromatic rings. The van der Waals surface area contributed by atoms with Gasteiger partial charge in [-0.15, -0.1) is 0 Å². The van der Waals surface area contributed by atoms with Crippen molar-refractivity contribution in [1.82, 2.24) is 4.98 Å². The van der Waals surface area contributed by atoms with Gasteiger partial charge in [-0.1, -0.05) is 17.7 Å². The van der Waals surface area contributed by atoms with Crippen LogP contribution in [0.1, 0.15) is 5.56 Å². The Bertz CT molecular complexity index is 578. The highest BCUT2D eigenvalue weighted by molar-refractivity contribution is 9.10. The summed E-state index contributed by atoms with van der Waals surface area (Å²) in [6.07, 6.45) is 1.58. The molecule has 0 atom stereocenters. The van der Waals surface area contributed by atoms with Crippen LogP contribution in [0, 0.1) is 0 Å². The van der Waals surface area contributed by atoms with Crippen molar-refractivity contribution in [1.29, 1.82) is 0 Å². The zero-order valence-electron chi connectivity index (χ0n) is 9.12. The van der Waals surface area contributed by atoms with Crippen molar-refractivity contribution in [3.63, 3.8) is 0 Å². The van der Waals surface area contributed by atoms with Crippen LogP contribution in [0.3, 0.4) is 0 Å². The molecule has 0 saturated carbocycles. The van der Waals surface area contributed by atoms with Crippen LogP contribution < -0.4 is 5.32 Å². The zero-order valence-corrected chi connectivity index (χ0v) is 13.1. The first-order valence-electron chi connectivity index (χ1n) is 5.08. The van der Waals surface area contributed by atoms with E-state index in [0.717, 1.165) is 11.3 Å². The molecule has 94 valence electrons. The summed E-state index contributed by atoms with van der Waals surface area (Å²) in [5.74, 6) is 0.226. The summed E-state index contributed by atoms with van der Waals surface area (Å²) in [4.78, 5) is 4.10. The Kier molecular flexibility index (Phi) is 4.48. The highest BCUT2D eigenvalue weighted by Gasteiger charge is 2.03. The third kappa shape index (κ3) is 3.37. The minimum absolute atomic E-state index is 0.226. The lowest BCUT2D eigenvalue weighted by molar-refractivity contribution is 0.471. The van der Waals surface area contributed by atoms with Crippen molar-refractivity contribution < 1.29 is 5.11 Å². The van der Waals surface area contributed by atoms with E-state index in [0.29, 0.717) is 20.6 Å². The Hall–Kier alpha value is -0.780. The average molecular weight is 392 g/mol. The number of hydrogen-bond acceptors (Lipinski definition) is 3. The van der Waals surface area contributed by atoms with Crippen LogP contribution in [0.25, 0.3) is 0 Å². The van der Waals surface area contributed by atoms with Crippen LogP contribution in [-0.4, -0.2) is 10.1 Å². The molecule has 0 fully saturated rings. The number of hydrogen-bond donors (Lipinski definition) is 2. The number of rotatable bonds is 3. The Labute approximate surface area is 126 Å². The van der Waals surface area contributed by atoms with E-state index in [-0.39, 0.29) is 5.75 Å². The summed E-state index contributed by atoms with van der Waals surface area (Å²) < 4.78 is 1.38. The number of anilines is 1. The molecule has 0 unspecified atom stereocenters. The van der Waals surface area contributed by atoms with Crippen molar-refractivity contribution in [3.8, 4) is 5.75 Å². The molecule has 0 amide bonds. The lowest BCUT2D eigenvalue weighted by atomic mass is 10.2. The quantitative estimate of drug-likeness (QED) is 0.752. The highest BCUT2D eigenvalue weighted by atomic mass is 79.9. The van der Waals surface area contributed by atoms with Crippen molar-refractivity contribution in [2.24, 2.45) is 0 Å². The van der Waals surface area contributed by atoms with Gasteiger partial charge < -0.3 is 10.4 Å². The molecule has 18 heavy (non-hydrogen) atoms. The maximum Gasteiger partial charge on any atom is 0.129 e. The van der Waals surface area contributed by atoms with Crippen molar-refractivity contribution >= 4 is 49.1 Å². The molecule has 3 nitrogen and oxygen atoms in total. The number of nitrogens with one attached hydrogen (secondary N) is 1. The fourth-order valence-electron chi connectivity index (χ4n) is 1.40. The van der Waals surface area contributed by atoms with Gasteiger partial charge in [0.1, 0.15) is 10.4 Å². The highest BCUT2D eigenvalue weighted by Crippen LogP contribution is 2.26. The fourth-order valence-corrected chi connectivity index (χ4v) is 2.35. The molecule has 2 rings (SSSR count). The largest absolute Gasteiger partial charge is 0.507 e. The van der Waals surface area contributed by atoms with Gasteiger partial charge in [-0.3, -0.25) is 0 Å². The van der Waals surface area contributed by atoms with E-state index in [1.54, 1.807) is 18.3 Å². The molecular weight excluding hydrogens is 383 g/mol. The van der Waals surface area contributed by atoms with Crippen LogP contribution >= 0.6 is 43.5 Å². The van der Waals surface area contributed by atoms with Gasteiger partial charge in [0.05, 0.1) is 15.2 Å². The second kappa shape index (κ2) is 5.91. The number of pyridine rings is 1. The molecule has 0 spiro atoms. The van der Waals surface area contributed by atoms with Gasteiger partial charge in [-0.2, -0.15) is 0 Å². The molecule has 1 aromatic heterocycles. The minimum atomic E-state index is 0.226. The maximum atomic E-state index is 9.41. The number of aromatic nitrogens is 1. The number of aromatic hydroxyl groups is 1. The molecule has 6 heteroatoms. The smallest absolute Gasteiger partial charge is 0.129 e. The van der Waals surface area contributed by atoms with E-state index in [2.05, 4.69) is 42.2 Å². The van der Waals surface area contributed by atoms with Crippen LogP contribution in [0.15, 0.2) is 39.5 Å². The summed E-state index contributed by atoms with van der Waals surface area (Å²) in [7, 11) is 0. The van der Waals surface area contributed by atoms with Gasteiger partial charge in [0.2, 0.25) is 0 Å². The topological polar surface area (TPSA) is 45.1 Å². The fraction of sp³-hybridized carbons (Fsp3) is 0.0833. The number of nitrogens with zero attached hydrogens (tertiary/aromatic N) is 1. The van der Waals surface area contributed by atoms with E-state index in [1.165, 1.54) is 0 Å². The molecule has 0 aliphatic rings. The maximum absolute atomic E-state index is 9.41. The number of halogens is 3. The standard InChI is InChI=1S/C12H9Br2ClN2O/c13-9-3-7(1-2-11(9)18)5-16-10-4-8(15)6-17-12(10)14/h1-4,6,16,18H,5H2. The van der Waals surface area contributed by atoms with Gasteiger partial charge in [0.25, 0.3) is 0 Å². The monoisotopic (exact) mass is 390 g/mol. The Morgan fingerprint density at radius 3 is 2.78 bits per heavy atom. The second-order valence-corrected chi connectivity index (χ2v) is 5.67. The summed E-state index contributed by atoms with van der Waals surface area (Å²) in [5, 5.41) is 13.2. The summed E-state index contributed by atoms with van der Waals surface area (Å²) in [6.45, 7) is 0.611. The van der Waals surface area contributed by atoms with Gasteiger partial charge in [0, 0.05) is 12.7 Å². The summed E-state index contributed by atoms with van der Waals surface area (Å²) >= 11 is 12.5. The van der Waals surface area contributed by atoms with Crippen molar-refractivity contribution in [3.05, 3.63) is 50.1 Å². The molecule has 0 radical (unpaired) electrons. The van der Waals surface area contributed by atoms with E-state index in [9.17, 15) is 5.11 Å². The number of phenolic OH excluding ortho intramolecular Hbond substituents is 1. The Morgan fingerprint density at radius 2 is 2.06 bits per heavy atom. The predicted molar refractivity (Wildman–Crippen MR) is 80.1 cm³/mol. The van der Waals surface area contributed by atoms with Gasteiger partial charge in [-0.25, -0.2) is 4.98 Å². The Balaban J connectivity index is 2.11. The molecular formula is C12H9Br2ClN2O. The van der Waals surface area contributed by atoms with E-state index >= 15 is 0 Å². The lowest BCUT2D eigenvalue weighted by Crippen LogP contribution is -2.00. The van der Waals surface area contributed by atoms with Crippen molar-refractivity contribution in [2.45, 2.75) is 6.54 Å². The SMILES string of the molecule is Oc1ccc(CNc2cc(Cl)cnc2Br)cc1Br. The lowest BCUT2D eigenvalue weighted by Gasteiger charge is -2.09. The zero-order chi connectivity index (χ0) is 13.1. The molecule has 1 aromatic carbocycles. The number of benzene rings is 1. The number of phenols is 1. The van der Waals surface area contributed by atoms with Crippen molar-refractivity contribution in [2.75, 3.05) is 5.32 Å². The third-order valence-corrected chi connectivity index (χ3v) is 3.77. The van der Waals surface area contributed by atoms with E-state index in [1.807, 2.05) is 12.1 Å². The molecule has 0 saturated heterocycles. The van der Waals surface area contributed by atoms with Crippen LogP contribution in [0.4, 0.5) is 5.69 Å². The van der Waals surface area contributed by atoms with Crippen LogP contribution in [0.2, 0.25) is 5.02 Å². The van der Waals surface area contributed by atoms with Gasteiger partial charge in [0.15, 0.2) is 0 Å². The molecule has 0 aliphatic heterocycles. The summed E-state index contributed by atoms with van der Waals surface area (Å²) in [6, 6.07) is 7.15. The van der Waals surface area contributed by atoms with E-state index in [4.69, 9.17) is 11.6 Å². The first-order valence-corrected chi connectivity index (χ1v) is 7.05. The molecule has 0 aliphatic carbocycles. The van der Waals surface area contributed by atoms with Gasteiger partial charge >= 0.3 is 0 Å². The Morgan fingerprint density at radius 1 is 1.28 bits per heavy atom. The third-order valence-electron chi connectivity index (χ3n) is 2.30. The normalized spacial score (nSPS) is 10.4. The average Bonchev–Trinajstić information content (AvgIpc) is 2.34. The predicted octanol–water partition coefficient (Wildman–Crippen LogP) is 4.58. The van der Waals surface area contributed by atoms with E-state index < -0.39 is 0 Å². The molecule has 0 bridgehead atoms. The van der Waals surface area contributed by atoms with Crippen LogP contribution in [0.5, 0.6) is 5.75 Å². The first kappa shape index (κ1) is 13.6. The second-order valence-electron chi connectivity index (χ2n) is 3.63. The first-order chi connectivity index (χ1) is 8.56. The molecule has 1 heterocycles. The minimum Gasteiger partial charge on any atom is -0.507 e. The van der Waals surface area contributed by atoms with Gasteiger partial charge in [-0.05, 0) is 55.6 Å². The molecule has 2 N–H and O–H groups in total. The van der Waals surface area contributed by atoms with Crippen LogP contribution in [-0.2, 0) is 6.54 Å². The summed E-state index contributed by atoms with van der Waals surface area (Å²) in [5.41, 5.74) is 1.86.